The van der Waals surface area contributed by atoms with Gasteiger partial charge in [-0.15, -0.1) is 0 Å². The average Bonchev–Trinajstić information content (AvgIpc) is 2.85. The molecule has 0 aliphatic carbocycles. The maximum atomic E-state index is 6.01. The Hall–Kier alpha value is -0.850. The zero-order valence-electron chi connectivity index (χ0n) is 10.9. The molecule has 4 nitrogen and oxygen atoms in total. The van der Waals surface area contributed by atoms with Crippen molar-refractivity contribution in [3.63, 3.8) is 0 Å². The second kappa shape index (κ2) is 6.54. The molecule has 1 aromatic carbocycles. The molecule has 102 valence electrons. The minimum Gasteiger partial charge on any atom is -0.337 e. The number of hydrogen-bond acceptors (Lipinski definition) is 5. The van der Waals surface area contributed by atoms with Gasteiger partial charge in [0, 0.05) is 10.0 Å². The summed E-state index contributed by atoms with van der Waals surface area (Å²) in [6.45, 7) is 2.04. The van der Waals surface area contributed by atoms with Crippen LogP contribution in [-0.4, -0.2) is 22.1 Å². The number of nitrogens with zero attached hydrogens (tertiary/aromatic N) is 2. The lowest BCUT2D eigenvalue weighted by Crippen LogP contribution is -2.11. The molecular formula is C13H16BrN3OS. The lowest BCUT2D eigenvalue weighted by molar-refractivity contribution is 0.353. The van der Waals surface area contributed by atoms with Gasteiger partial charge >= 0.3 is 0 Å². The van der Waals surface area contributed by atoms with E-state index >= 15 is 0 Å². The van der Waals surface area contributed by atoms with Gasteiger partial charge in [0.25, 0.3) is 0 Å². The smallest absolute Gasteiger partial charge is 0.243 e. The Kier molecular flexibility index (Phi) is 5.01. The monoisotopic (exact) mass is 341 g/mol. The Labute approximate surface area is 125 Å². The van der Waals surface area contributed by atoms with Crippen molar-refractivity contribution in [3.05, 3.63) is 34.1 Å². The van der Waals surface area contributed by atoms with Crippen molar-refractivity contribution in [2.75, 3.05) is 12.0 Å². The lowest BCUT2D eigenvalue weighted by atomic mass is 10.1. The summed E-state index contributed by atoms with van der Waals surface area (Å²) in [6.07, 6.45) is 2.88. The van der Waals surface area contributed by atoms with Crippen LogP contribution in [0.5, 0.6) is 0 Å². The Morgan fingerprint density at radius 3 is 2.95 bits per heavy atom. The molecule has 0 bridgehead atoms. The fourth-order valence-electron chi connectivity index (χ4n) is 1.66. The first-order valence-electron chi connectivity index (χ1n) is 5.96. The highest BCUT2D eigenvalue weighted by Gasteiger charge is 2.16. The van der Waals surface area contributed by atoms with Gasteiger partial charge in [-0.05, 0) is 43.0 Å². The highest BCUT2D eigenvalue weighted by molar-refractivity contribution is 9.10. The highest BCUT2D eigenvalue weighted by Crippen LogP contribution is 2.28. The second-order valence-corrected chi connectivity index (χ2v) is 6.17. The summed E-state index contributed by atoms with van der Waals surface area (Å²) in [5, 5.41) is 4.00. The molecule has 0 aliphatic rings. The number of halogens is 1. The maximum Gasteiger partial charge on any atom is 0.243 e. The van der Waals surface area contributed by atoms with Gasteiger partial charge in [-0.1, -0.05) is 27.2 Å². The molecular weight excluding hydrogens is 326 g/mol. The molecule has 1 unspecified atom stereocenters. The summed E-state index contributed by atoms with van der Waals surface area (Å²) in [7, 11) is 0. The van der Waals surface area contributed by atoms with Gasteiger partial charge in [-0.2, -0.15) is 16.7 Å². The van der Waals surface area contributed by atoms with Gasteiger partial charge in [0.1, 0.15) is 0 Å². The van der Waals surface area contributed by atoms with Crippen LogP contribution in [0.15, 0.2) is 27.2 Å². The van der Waals surface area contributed by atoms with E-state index in [1.54, 1.807) is 11.8 Å². The minimum atomic E-state index is -0.196. The number of aromatic nitrogens is 2. The Morgan fingerprint density at radius 2 is 2.26 bits per heavy atom. The van der Waals surface area contributed by atoms with Gasteiger partial charge in [0.15, 0.2) is 0 Å². The van der Waals surface area contributed by atoms with Gasteiger partial charge in [0.05, 0.1) is 6.04 Å². The summed E-state index contributed by atoms with van der Waals surface area (Å²) in [5.41, 5.74) is 8.10. The predicted octanol–water partition coefficient (Wildman–Crippen LogP) is 3.56. The van der Waals surface area contributed by atoms with E-state index in [9.17, 15) is 0 Å². The maximum absolute atomic E-state index is 6.01. The first-order chi connectivity index (χ1) is 9.11. The molecule has 6 heteroatoms. The van der Waals surface area contributed by atoms with Crippen molar-refractivity contribution in [2.24, 2.45) is 5.73 Å². The molecule has 1 heterocycles. The first kappa shape index (κ1) is 14.6. The summed E-state index contributed by atoms with van der Waals surface area (Å²) >= 11 is 5.27. The molecule has 2 aromatic rings. The number of aryl methyl sites for hydroxylation is 1. The van der Waals surface area contributed by atoms with E-state index in [2.05, 4.69) is 32.3 Å². The summed E-state index contributed by atoms with van der Waals surface area (Å²) in [4.78, 5) is 4.38. The number of benzene rings is 1. The van der Waals surface area contributed by atoms with Crippen LogP contribution < -0.4 is 5.73 Å². The van der Waals surface area contributed by atoms with Crippen LogP contribution in [0.2, 0.25) is 0 Å². The van der Waals surface area contributed by atoms with Gasteiger partial charge in [-0.3, -0.25) is 0 Å². The van der Waals surface area contributed by atoms with Crippen molar-refractivity contribution < 1.29 is 4.52 Å². The Balaban J connectivity index is 2.20. The molecule has 0 saturated heterocycles. The minimum absolute atomic E-state index is 0.196. The topological polar surface area (TPSA) is 64.9 Å². The summed E-state index contributed by atoms with van der Waals surface area (Å²) in [6, 6.07) is 5.82. The van der Waals surface area contributed by atoms with Crippen LogP contribution in [0.1, 0.15) is 23.9 Å². The van der Waals surface area contributed by atoms with E-state index in [4.69, 9.17) is 10.3 Å². The first-order valence-corrected chi connectivity index (χ1v) is 8.15. The molecule has 0 radical (unpaired) electrons. The molecule has 0 aliphatic heterocycles. The predicted molar refractivity (Wildman–Crippen MR) is 82.1 cm³/mol. The number of rotatable bonds is 5. The highest BCUT2D eigenvalue weighted by atomic mass is 79.9. The van der Waals surface area contributed by atoms with Gasteiger partial charge in [-0.25, -0.2) is 0 Å². The van der Waals surface area contributed by atoms with Crippen LogP contribution in [0.3, 0.4) is 0 Å². The van der Waals surface area contributed by atoms with Crippen molar-refractivity contribution in [1.82, 2.24) is 10.1 Å². The quantitative estimate of drug-likeness (QED) is 0.900. The third kappa shape index (κ3) is 3.58. The normalized spacial score (nSPS) is 12.6. The standard InChI is InChI=1S/C13H16BrN3OS/c1-8-3-4-9(10(14)7-8)12-16-13(18-17-12)11(15)5-6-19-2/h3-4,7,11H,5-6,15H2,1-2H3. The molecule has 2 N–H and O–H groups in total. The fraction of sp³-hybridized carbons (Fsp3) is 0.385. The number of hydrogen-bond donors (Lipinski definition) is 1. The van der Waals surface area contributed by atoms with Gasteiger partial charge in [0.2, 0.25) is 11.7 Å². The molecule has 0 spiro atoms. The van der Waals surface area contributed by atoms with Crippen LogP contribution in [-0.2, 0) is 0 Å². The molecule has 2 rings (SSSR count). The fourth-order valence-corrected chi connectivity index (χ4v) is 2.83. The Bertz CT molecular complexity index is 559. The van der Waals surface area contributed by atoms with Gasteiger partial charge < -0.3 is 10.3 Å². The van der Waals surface area contributed by atoms with E-state index in [-0.39, 0.29) is 6.04 Å². The number of thioether (sulfide) groups is 1. The zero-order chi connectivity index (χ0) is 13.8. The lowest BCUT2D eigenvalue weighted by Gasteiger charge is -2.03. The van der Waals surface area contributed by atoms with Crippen LogP contribution >= 0.6 is 27.7 Å². The van der Waals surface area contributed by atoms with E-state index in [1.165, 1.54) is 5.56 Å². The zero-order valence-corrected chi connectivity index (χ0v) is 13.3. The molecule has 1 aromatic heterocycles. The number of nitrogens with two attached hydrogens (primary N) is 1. The van der Waals surface area contributed by atoms with Crippen LogP contribution in [0.25, 0.3) is 11.4 Å². The molecule has 0 fully saturated rings. The SMILES string of the molecule is CSCCC(N)c1nc(-c2ccc(C)cc2Br)no1. The molecule has 1 atom stereocenters. The largest absolute Gasteiger partial charge is 0.337 e. The summed E-state index contributed by atoms with van der Waals surface area (Å²) < 4.78 is 6.20. The van der Waals surface area contributed by atoms with E-state index < -0.39 is 0 Å². The second-order valence-electron chi connectivity index (χ2n) is 4.33. The van der Waals surface area contributed by atoms with Crippen molar-refractivity contribution >= 4 is 27.7 Å². The van der Waals surface area contributed by atoms with E-state index in [0.717, 1.165) is 22.2 Å². The van der Waals surface area contributed by atoms with E-state index in [1.807, 2.05) is 25.1 Å². The van der Waals surface area contributed by atoms with Crippen LogP contribution in [0, 0.1) is 6.92 Å². The summed E-state index contributed by atoms with van der Waals surface area (Å²) in [5.74, 6) is 2.05. The van der Waals surface area contributed by atoms with Crippen molar-refractivity contribution in [1.29, 1.82) is 0 Å². The third-order valence-electron chi connectivity index (χ3n) is 2.76. The molecule has 0 saturated carbocycles. The molecule has 19 heavy (non-hydrogen) atoms. The van der Waals surface area contributed by atoms with Crippen LogP contribution in [0.4, 0.5) is 0 Å². The Morgan fingerprint density at radius 1 is 1.47 bits per heavy atom. The molecule has 0 amide bonds. The van der Waals surface area contributed by atoms with Crippen molar-refractivity contribution in [2.45, 2.75) is 19.4 Å². The average molecular weight is 342 g/mol. The van der Waals surface area contributed by atoms with Crippen molar-refractivity contribution in [3.8, 4) is 11.4 Å². The third-order valence-corrected chi connectivity index (χ3v) is 4.06. The van der Waals surface area contributed by atoms with E-state index in [0.29, 0.717) is 11.7 Å².